The number of rotatable bonds is 2. The van der Waals surface area contributed by atoms with Crippen LogP contribution in [0.25, 0.3) is 0 Å². The van der Waals surface area contributed by atoms with E-state index in [0.717, 1.165) is 25.9 Å². The van der Waals surface area contributed by atoms with Crippen molar-refractivity contribution in [3.8, 4) is 0 Å². The van der Waals surface area contributed by atoms with E-state index in [1.54, 1.807) is 0 Å². The van der Waals surface area contributed by atoms with Crippen LogP contribution in [0.1, 0.15) is 33.1 Å². The fourth-order valence-corrected chi connectivity index (χ4v) is 2.95. The van der Waals surface area contributed by atoms with Gasteiger partial charge in [0.15, 0.2) is 0 Å². The van der Waals surface area contributed by atoms with E-state index in [2.05, 4.69) is 13.5 Å². The number of likely N-dealkylation sites (tertiary alicyclic amines) is 1. The monoisotopic (exact) mass is 223 g/mol. The minimum Gasteiger partial charge on any atom is -0.450 e. The zero-order chi connectivity index (χ0) is 11.8. The first-order valence-electron chi connectivity index (χ1n) is 6.16. The van der Waals surface area contributed by atoms with Crippen molar-refractivity contribution in [2.75, 3.05) is 19.7 Å². The number of piperidine rings is 1. The van der Waals surface area contributed by atoms with Crippen LogP contribution in [0.5, 0.6) is 0 Å². The van der Waals surface area contributed by atoms with Crippen molar-refractivity contribution >= 4 is 6.09 Å². The van der Waals surface area contributed by atoms with Crippen LogP contribution in [-0.2, 0) is 4.74 Å². The molecule has 1 saturated carbocycles. The van der Waals surface area contributed by atoms with Gasteiger partial charge in [-0.05, 0) is 44.4 Å². The molecular formula is C13H21NO2. The Hall–Kier alpha value is -0.990. The molecule has 0 bridgehead atoms. The van der Waals surface area contributed by atoms with Crippen LogP contribution in [-0.4, -0.2) is 30.7 Å². The molecule has 1 amide bonds. The van der Waals surface area contributed by atoms with Gasteiger partial charge in [-0.3, -0.25) is 0 Å². The zero-order valence-corrected chi connectivity index (χ0v) is 10.3. The van der Waals surface area contributed by atoms with Crippen LogP contribution in [0.2, 0.25) is 0 Å². The molecule has 1 spiro atoms. The van der Waals surface area contributed by atoms with Crippen LogP contribution in [0, 0.1) is 11.3 Å². The molecule has 2 aliphatic rings. The largest absolute Gasteiger partial charge is 0.450 e. The number of amides is 1. The highest BCUT2D eigenvalue weighted by molar-refractivity contribution is 5.67. The van der Waals surface area contributed by atoms with Crippen molar-refractivity contribution in [1.29, 1.82) is 0 Å². The second-order valence-electron chi connectivity index (χ2n) is 5.15. The number of nitrogens with zero attached hydrogens (tertiary/aromatic N) is 1. The minimum absolute atomic E-state index is 0.148. The van der Waals surface area contributed by atoms with E-state index < -0.39 is 0 Å². The third-order valence-corrected chi connectivity index (χ3v) is 4.07. The highest BCUT2D eigenvalue weighted by Gasteiger charge is 2.55. The molecule has 0 N–H and O–H groups in total. The first-order chi connectivity index (χ1) is 7.59. The maximum Gasteiger partial charge on any atom is 0.409 e. The zero-order valence-electron chi connectivity index (χ0n) is 10.3. The van der Waals surface area contributed by atoms with Crippen molar-refractivity contribution < 1.29 is 9.53 Å². The van der Waals surface area contributed by atoms with E-state index in [1.165, 1.54) is 12.0 Å². The second kappa shape index (κ2) is 4.11. The summed E-state index contributed by atoms with van der Waals surface area (Å²) in [4.78, 5) is 13.4. The molecule has 1 saturated heterocycles. The average molecular weight is 223 g/mol. The molecular weight excluding hydrogens is 202 g/mol. The molecule has 3 heteroatoms. The third kappa shape index (κ3) is 1.95. The molecule has 1 heterocycles. The van der Waals surface area contributed by atoms with Gasteiger partial charge in [0, 0.05) is 13.1 Å². The molecule has 0 radical (unpaired) electrons. The smallest absolute Gasteiger partial charge is 0.409 e. The minimum atomic E-state index is -0.148. The van der Waals surface area contributed by atoms with E-state index in [4.69, 9.17) is 4.74 Å². The van der Waals surface area contributed by atoms with Gasteiger partial charge >= 0.3 is 6.09 Å². The van der Waals surface area contributed by atoms with Gasteiger partial charge in [-0.15, -0.1) is 0 Å². The summed E-state index contributed by atoms with van der Waals surface area (Å²) in [5.74, 6) is 0.705. The fourth-order valence-electron chi connectivity index (χ4n) is 2.95. The predicted molar refractivity (Wildman–Crippen MR) is 63.2 cm³/mol. The van der Waals surface area contributed by atoms with Crippen LogP contribution in [0.4, 0.5) is 4.79 Å². The summed E-state index contributed by atoms with van der Waals surface area (Å²) < 4.78 is 5.01. The molecule has 1 aliphatic carbocycles. The molecule has 16 heavy (non-hydrogen) atoms. The average Bonchev–Trinajstić information content (AvgIpc) is 2.94. The topological polar surface area (TPSA) is 29.5 Å². The van der Waals surface area contributed by atoms with Crippen LogP contribution < -0.4 is 0 Å². The Kier molecular flexibility index (Phi) is 2.96. The van der Waals surface area contributed by atoms with Crippen molar-refractivity contribution in [3.63, 3.8) is 0 Å². The Morgan fingerprint density at radius 1 is 1.50 bits per heavy atom. The van der Waals surface area contributed by atoms with Crippen molar-refractivity contribution in [3.05, 3.63) is 12.2 Å². The SMILES string of the molecule is C=C(C)C1CC12CCN(C(=O)OCC)CC2. The van der Waals surface area contributed by atoms with Gasteiger partial charge in [0.25, 0.3) is 0 Å². The number of carbonyl (C=O) groups excluding carboxylic acids is 1. The molecule has 1 aliphatic heterocycles. The van der Waals surface area contributed by atoms with Crippen LogP contribution in [0.15, 0.2) is 12.2 Å². The van der Waals surface area contributed by atoms with Crippen LogP contribution in [0.3, 0.4) is 0 Å². The summed E-state index contributed by atoms with van der Waals surface area (Å²) in [6, 6.07) is 0. The molecule has 0 aromatic heterocycles. The van der Waals surface area contributed by atoms with Gasteiger partial charge in [-0.1, -0.05) is 12.2 Å². The fraction of sp³-hybridized carbons (Fsp3) is 0.769. The highest BCUT2D eigenvalue weighted by atomic mass is 16.6. The Bertz CT molecular complexity index is 303. The summed E-state index contributed by atoms with van der Waals surface area (Å²) >= 11 is 0. The number of carbonyl (C=O) groups is 1. The standard InChI is InChI=1S/C13H21NO2/c1-4-16-12(15)14-7-5-13(6-8-14)9-11(13)10(2)3/h11H,2,4-9H2,1,3H3. The lowest BCUT2D eigenvalue weighted by Gasteiger charge is -2.32. The summed E-state index contributed by atoms with van der Waals surface area (Å²) in [7, 11) is 0. The number of ether oxygens (including phenoxy) is 1. The van der Waals surface area contributed by atoms with Gasteiger partial charge in [-0.25, -0.2) is 4.79 Å². The number of allylic oxidation sites excluding steroid dienone is 1. The molecule has 1 unspecified atom stereocenters. The molecule has 2 rings (SSSR count). The lowest BCUT2D eigenvalue weighted by molar-refractivity contribution is 0.0876. The van der Waals surface area contributed by atoms with E-state index in [1.807, 2.05) is 11.8 Å². The van der Waals surface area contributed by atoms with E-state index in [-0.39, 0.29) is 6.09 Å². The third-order valence-electron chi connectivity index (χ3n) is 4.07. The van der Waals surface area contributed by atoms with Crippen molar-refractivity contribution in [2.45, 2.75) is 33.1 Å². The Balaban J connectivity index is 1.84. The predicted octanol–water partition coefficient (Wildman–Crippen LogP) is 2.82. The Labute approximate surface area is 97.5 Å². The molecule has 0 aromatic carbocycles. The Morgan fingerprint density at radius 3 is 2.56 bits per heavy atom. The van der Waals surface area contributed by atoms with Crippen LogP contribution >= 0.6 is 0 Å². The summed E-state index contributed by atoms with van der Waals surface area (Å²) in [6.07, 6.45) is 3.36. The maximum absolute atomic E-state index is 11.5. The van der Waals surface area contributed by atoms with E-state index in [9.17, 15) is 4.79 Å². The van der Waals surface area contributed by atoms with Crippen molar-refractivity contribution in [1.82, 2.24) is 4.90 Å². The molecule has 2 fully saturated rings. The molecule has 1 atom stereocenters. The molecule has 0 aromatic rings. The molecule has 3 nitrogen and oxygen atoms in total. The first kappa shape index (κ1) is 11.5. The highest BCUT2D eigenvalue weighted by Crippen LogP contribution is 2.62. The van der Waals surface area contributed by atoms with Gasteiger partial charge in [0.1, 0.15) is 0 Å². The number of hydrogen-bond donors (Lipinski definition) is 0. The van der Waals surface area contributed by atoms with E-state index in [0.29, 0.717) is 17.9 Å². The Morgan fingerprint density at radius 2 is 2.12 bits per heavy atom. The van der Waals surface area contributed by atoms with Crippen molar-refractivity contribution in [2.24, 2.45) is 11.3 Å². The first-order valence-corrected chi connectivity index (χ1v) is 6.16. The van der Waals surface area contributed by atoms with Gasteiger partial charge in [0.05, 0.1) is 6.61 Å². The quantitative estimate of drug-likeness (QED) is 0.674. The number of hydrogen-bond acceptors (Lipinski definition) is 2. The maximum atomic E-state index is 11.5. The lowest BCUT2D eigenvalue weighted by atomic mass is 9.89. The van der Waals surface area contributed by atoms with Gasteiger partial charge in [-0.2, -0.15) is 0 Å². The van der Waals surface area contributed by atoms with Gasteiger partial charge in [0.2, 0.25) is 0 Å². The summed E-state index contributed by atoms with van der Waals surface area (Å²) in [5, 5.41) is 0. The lowest BCUT2D eigenvalue weighted by Crippen LogP contribution is -2.39. The second-order valence-corrected chi connectivity index (χ2v) is 5.15. The van der Waals surface area contributed by atoms with Gasteiger partial charge < -0.3 is 9.64 Å². The van der Waals surface area contributed by atoms with E-state index >= 15 is 0 Å². The summed E-state index contributed by atoms with van der Waals surface area (Å²) in [6.45, 7) is 10.2. The normalized spacial score (nSPS) is 26.6. The molecule has 90 valence electrons. The summed E-state index contributed by atoms with van der Waals surface area (Å²) in [5.41, 5.74) is 1.79.